The van der Waals surface area contributed by atoms with Gasteiger partial charge in [0.2, 0.25) is 34.8 Å². The van der Waals surface area contributed by atoms with E-state index in [0.29, 0.717) is 0 Å². The van der Waals surface area contributed by atoms with Crippen LogP contribution in [0.15, 0.2) is 24.6 Å². The molecule has 1 aromatic carbocycles. The van der Waals surface area contributed by atoms with Crippen molar-refractivity contribution < 1.29 is 26.9 Å². The van der Waals surface area contributed by atoms with Gasteiger partial charge in [-0.3, -0.25) is 0 Å². The van der Waals surface area contributed by atoms with Gasteiger partial charge in [-0.2, -0.15) is 34.1 Å². The number of halogens is 5. The molecule has 0 radical (unpaired) electrons. The van der Waals surface area contributed by atoms with Crippen LogP contribution in [0.2, 0.25) is 25.3 Å². The predicted octanol–water partition coefficient (Wildman–Crippen LogP) is 16.4. The molecule has 1 aliphatic heterocycles. The summed E-state index contributed by atoms with van der Waals surface area (Å²) in [5.41, 5.74) is -0.901. The highest BCUT2D eigenvalue weighted by atomic mass is 19.2. The minimum Gasteiger partial charge on any atom is -0.245 e. The third kappa shape index (κ3) is 21.9. The normalized spacial score (nSPS) is 12.9. The van der Waals surface area contributed by atoms with Gasteiger partial charge in [-0.05, 0) is 12.2 Å². The Morgan fingerprint density at radius 1 is 0.340 bits per heavy atom. The minimum absolute atomic E-state index is 0.0483. The number of rotatable bonds is 33. The Bertz CT molecular complexity index is 972. The third-order valence-corrected chi connectivity index (χ3v) is 11.8. The maximum atomic E-state index is 13.2. The number of unbranched alkanes of at least 4 members (excludes halogenated alkanes) is 24. The summed E-state index contributed by atoms with van der Waals surface area (Å²) >= 11 is 0. The largest absolute Gasteiger partial charge is 0.245 e. The van der Waals surface area contributed by atoms with E-state index in [1.807, 2.05) is 0 Å². The van der Waals surface area contributed by atoms with Gasteiger partial charge in [0.15, 0.2) is 0 Å². The molecule has 7 heteroatoms. The van der Waals surface area contributed by atoms with Gasteiger partial charge >= 0.3 is 0 Å². The number of nitrogens with one attached hydrogen (secondary N) is 1. The molecule has 0 saturated carbocycles. The summed E-state index contributed by atoms with van der Waals surface area (Å²) in [6.45, 7) is 9.37. The molecule has 0 saturated heterocycles. The van der Waals surface area contributed by atoms with Crippen molar-refractivity contribution >= 4 is 11.8 Å². The molecular formula is C46H81BF5N. The van der Waals surface area contributed by atoms with Gasteiger partial charge in [-0.1, -0.05) is 207 Å². The fraction of sp³-hybridized carbons (Fsp3) is 0.783. The molecule has 1 heterocycles. The average molecular weight is 754 g/mol. The molecule has 0 amide bonds. The van der Waals surface area contributed by atoms with Gasteiger partial charge in [-0.25, -0.2) is 18.1 Å². The SMILES string of the molecule is CCCCCCCCC[B-](CCCCCCCCC)(CCCCCCCCC)CCCCCCCCC.Fc1c(F)c(F)c([NH+]2C=CC=C2)c(F)c1F. The summed E-state index contributed by atoms with van der Waals surface area (Å²) in [5.74, 6) is -9.65. The smallest absolute Gasteiger partial charge is 0.226 e. The van der Waals surface area contributed by atoms with Crippen LogP contribution in [0, 0.1) is 29.1 Å². The van der Waals surface area contributed by atoms with Crippen LogP contribution in [0.1, 0.15) is 207 Å². The lowest BCUT2D eigenvalue weighted by molar-refractivity contribution is -0.713. The summed E-state index contributed by atoms with van der Waals surface area (Å²) in [7, 11) is 0. The zero-order chi connectivity index (χ0) is 39.0. The first kappa shape index (κ1) is 49.4. The minimum atomic E-state index is -2.15. The average Bonchev–Trinajstić information content (AvgIpc) is 3.70. The quantitative estimate of drug-likeness (QED) is 0.0240. The lowest BCUT2D eigenvalue weighted by Gasteiger charge is -2.41. The first-order valence-electron chi connectivity index (χ1n) is 22.7. The third-order valence-electron chi connectivity index (χ3n) is 11.8. The number of benzene rings is 1. The zero-order valence-corrected chi connectivity index (χ0v) is 34.9. The second-order valence-electron chi connectivity index (χ2n) is 16.5. The molecule has 0 aromatic heterocycles. The summed E-state index contributed by atoms with van der Waals surface area (Å²) < 4.78 is 64.9. The van der Waals surface area contributed by atoms with Crippen molar-refractivity contribution in [1.29, 1.82) is 0 Å². The van der Waals surface area contributed by atoms with Crippen molar-refractivity contribution in [3.8, 4) is 0 Å². The molecule has 53 heavy (non-hydrogen) atoms. The van der Waals surface area contributed by atoms with Gasteiger partial charge < -0.3 is 0 Å². The number of hydrogen-bond acceptors (Lipinski definition) is 0. The van der Waals surface area contributed by atoms with Crippen LogP contribution in [0.4, 0.5) is 27.6 Å². The lowest BCUT2D eigenvalue weighted by atomic mass is 9.17. The Morgan fingerprint density at radius 3 is 0.830 bits per heavy atom. The highest BCUT2D eigenvalue weighted by Gasteiger charge is 2.32. The van der Waals surface area contributed by atoms with E-state index in [1.165, 1.54) is 204 Å². The molecule has 0 aliphatic carbocycles. The molecule has 308 valence electrons. The standard InChI is InChI=1S/C36H76B.C10H4F5N/c1-5-9-13-17-21-25-29-33-37(34-30-26-22-18-14-10-6-2,35-31-27-23-19-15-11-7-3)36-32-28-24-20-16-12-8-4;11-5-6(12)8(14)10(9(15)7(5)13)16-3-1-2-4-16/h5-36H2,1-4H3;1-4H/q-1;/p+1. The van der Waals surface area contributed by atoms with Crippen molar-refractivity contribution in [2.24, 2.45) is 0 Å². The highest BCUT2D eigenvalue weighted by Crippen LogP contribution is 2.35. The molecule has 0 spiro atoms. The van der Waals surface area contributed by atoms with E-state index in [1.54, 1.807) is 25.3 Å². The van der Waals surface area contributed by atoms with Crippen LogP contribution < -0.4 is 4.90 Å². The predicted molar refractivity (Wildman–Crippen MR) is 222 cm³/mol. The fourth-order valence-corrected chi connectivity index (χ4v) is 8.40. The highest BCUT2D eigenvalue weighted by molar-refractivity contribution is 6.79. The maximum Gasteiger partial charge on any atom is 0.226 e. The summed E-state index contributed by atoms with van der Waals surface area (Å²) in [6, 6.07) is 0. The molecule has 0 unspecified atom stereocenters. The van der Waals surface area contributed by atoms with Crippen molar-refractivity contribution in [2.45, 2.75) is 233 Å². The van der Waals surface area contributed by atoms with E-state index in [9.17, 15) is 22.0 Å². The topological polar surface area (TPSA) is 4.44 Å². The fourth-order valence-electron chi connectivity index (χ4n) is 8.40. The van der Waals surface area contributed by atoms with Crippen LogP contribution in [0.5, 0.6) is 0 Å². The Hall–Kier alpha value is -1.63. The van der Waals surface area contributed by atoms with Crippen molar-refractivity contribution in [2.75, 3.05) is 0 Å². The Labute approximate surface area is 324 Å². The molecule has 1 N–H and O–H groups in total. The van der Waals surface area contributed by atoms with Gasteiger partial charge in [0.25, 0.3) is 0 Å². The first-order chi connectivity index (χ1) is 25.8. The van der Waals surface area contributed by atoms with Crippen LogP contribution in [0.25, 0.3) is 0 Å². The Kier molecular flexibility index (Phi) is 30.4. The number of quaternary nitrogens is 1. The van der Waals surface area contributed by atoms with E-state index in [0.717, 1.165) is 0 Å². The lowest BCUT2D eigenvalue weighted by Crippen LogP contribution is -2.97. The molecule has 1 nitrogen and oxygen atoms in total. The molecule has 0 fully saturated rings. The monoisotopic (exact) mass is 754 g/mol. The van der Waals surface area contributed by atoms with Crippen LogP contribution in [-0.2, 0) is 0 Å². The van der Waals surface area contributed by atoms with E-state index in [-0.39, 0.29) is 11.0 Å². The second-order valence-corrected chi connectivity index (χ2v) is 16.5. The molecule has 0 atom stereocenters. The zero-order valence-electron chi connectivity index (χ0n) is 34.9. The molecular weight excluding hydrogens is 672 g/mol. The van der Waals surface area contributed by atoms with Gasteiger partial charge in [0.1, 0.15) is 12.4 Å². The summed E-state index contributed by atoms with van der Waals surface area (Å²) in [6.07, 6.45) is 53.0. The second kappa shape index (κ2) is 32.6. The van der Waals surface area contributed by atoms with Crippen LogP contribution in [0.3, 0.4) is 0 Å². The van der Waals surface area contributed by atoms with E-state index < -0.39 is 34.8 Å². The van der Waals surface area contributed by atoms with E-state index >= 15 is 0 Å². The molecule has 1 aromatic rings. The van der Waals surface area contributed by atoms with Crippen LogP contribution >= 0.6 is 0 Å². The molecule has 2 rings (SSSR count). The first-order valence-corrected chi connectivity index (χ1v) is 22.7. The molecule has 0 bridgehead atoms. The van der Waals surface area contributed by atoms with Gasteiger partial charge in [0.05, 0.1) is 0 Å². The van der Waals surface area contributed by atoms with Gasteiger partial charge in [0, 0.05) is 6.15 Å². The van der Waals surface area contributed by atoms with Crippen molar-refractivity contribution in [3.05, 3.63) is 53.6 Å². The Morgan fingerprint density at radius 2 is 0.566 bits per heavy atom. The Balaban J connectivity index is 0.000000718. The van der Waals surface area contributed by atoms with Gasteiger partial charge in [-0.15, -0.1) is 0 Å². The van der Waals surface area contributed by atoms with Crippen molar-refractivity contribution in [3.63, 3.8) is 0 Å². The molecule has 1 aliphatic rings. The van der Waals surface area contributed by atoms with E-state index in [2.05, 4.69) is 27.7 Å². The summed E-state index contributed by atoms with van der Waals surface area (Å²) in [4.78, 5) is -0.0483. The van der Waals surface area contributed by atoms with Crippen LogP contribution in [-0.4, -0.2) is 6.15 Å². The van der Waals surface area contributed by atoms with E-state index in [4.69, 9.17) is 0 Å². The maximum absolute atomic E-state index is 13.2. The number of allylic oxidation sites excluding steroid dienone is 2. The number of hydrogen-bond donors (Lipinski definition) is 1. The van der Waals surface area contributed by atoms with Crippen molar-refractivity contribution in [1.82, 2.24) is 0 Å². The summed E-state index contributed by atoms with van der Waals surface area (Å²) in [5, 5.41) is 0.